The van der Waals surface area contributed by atoms with Crippen LogP contribution in [-0.4, -0.2) is 0 Å². The Balaban J connectivity index is 2.51. The number of rotatable bonds is 2. The van der Waals surface area contributed by atoms with Gasteiger partial charge in [0.05, 0.1) is 5.38 Å². The summed E-state index contributed by atoms with van der Waals surface area (Å²) in [4.78, 5) is 2.61. The number of thiophene rings is 1. The van der Waals surface area contributed by atoms with Gasteiger partial charge in [-0.15, -0.1) is 22.9 Å². The molecule has 0 amide bonds. The van der Waals surface area contributed by atoms with Gasteiger partial charge in [-0.25, -0.2) is 0 Å². The molecule has 1 aromatic carbocycles. The number of hydrogen-bond acceptors (Lipinski definition) is 1. The van der Waals surface area contributed by atoms with Crippen molar-refractivity contribution < 1.29 is 0 Å². The molecule has 2 heteroatoms. The predicted molar refractivity (Wildman–Crippen MR) is 77.4 cm³/mol. The van der Waals surface area contributed by atoms with Crippen molar-refractivity contribution in [2.45, 2.75) is 33.1 Å². The van der Waals surface area contributed by atoms with Gasteiger partial charge in [0.25, 0.3) is 0 Å². The fourth-order valence-electron chi connectivity index (χ4n) is 2.27. The van der Waals surface area contributed by atoms with Crippen LogP contribution in [0.4, 0.5) is 0 Å². The van der Waals surface area contributed by atoms with Crippen LogP contribution >= 0.6 is 22.9 Å². The molecule has 0 N–H and O–H groups in total. The standard InChI is InChI=1S/C15H17ClS/c1-9-6-5-7-10(2)13(9)14(16)15-11(3)8-12(4)17-15/h5-8,14H,1-4H3. The lowest BCUT2D eigenvalue weighted by Crippen LogP contribution is -1.98. The molecule has 2 rings (SSSR count). The van der Waals surface area contributed by atoms with Crippen molar-refractivity contribution in [1.82, 2.24) is 0 Å². The first-order chi connectivity index (χ1) is 8.00. The molecule has 1 heterocycles. The van der Waals surface area contributed by atoms with Crippen molar-refractivity contribution in [3.05, 3.63) is 56.3 Å². The molecule has 90 valence electrons. The summed E-state index contributed by atoms with van der Waals surface area (Å²) in [7, 11) is 0. The van der Waals surface area contributed by atoms with Gasteiger partial charge >= 0.3 is 0 Å². The van der Waals surface area contributed by atoms with E-state index in [4.69, 9.17) is 11.6 Å². The van der Waals surface area contributed by atoms with Crippen LogP contribution in [-0.2, 0) is 0 Å². The molecule has 0 fully saturated rings. The minimum absolute atomic E-state index is 0.0186. The minimum Gasteiger partial charge on any atom is -0.143 e. The number of aryl methyl sites for hydroxylation is 4. The van der Waals surface area contributed by atoms with Gasteiger partial charge in [-0.1, -0.05) is 18.2 Å². The van der Waals surface area contributed by atoms with Crippen LogP contribution in [0.25, 0.3) is 0 Å². The van der Waals surface area contributed by atoms with Crippen molar-refractivity contribution >= 4 is 22.9 Å². The SMILES string of the molecule is Cc1cc(C)c(C(Cl)c2c(C)cccc2C)s1. The Labute approximate surface area is 112 Å². The summed E-state index contributed by atoms with van der Waals surface area (Å²) in [5.41, 5.74) is 5.11. The molecule has 17 heavy (non-hydrogen) atoms. The van der Waals surface area contributed by atoms with E-state index < -0.39 is 0 Å². The zero-order valence-electron chi connectivity index (χ0n) is 10.7. The lowest BCUT2D eigenvalue weighted by Gasteiger charge is -2.15. The van der Waals surface area contributed by atoms with Gasteiger partial charge in [0.2, 0.25) is 0 Å². The Morgan fingerprint density at radius 1 is 1.00 bits per heavy atom. The second kappa shape index (κ2) is 4.83. The van der Waals surface area contributed by atoms with Crippen LogP contribution in [0.5, 0.6) is 0 Å². The Bertz CT molecular complexity index is 520. The fraction of sp³-hybridized carbons (Fsp3) is 0.333. The summed E-state index contributed by atoms with van der Waals surface area (Å²) in [6.07, 6.45) is 0. The second-order valence-electron chi connectivity index (χ2n) is 4.57. The first-order valence-corrected chi connectivity index (χ1v) is 7.03. The molecule has 0 aliphatic rings. The zero-order valence-corrected chi connectivity index (χ0v) is 12.2. The topological polar surface area (TPSA) is 0 Å². The molecule has 1 atom stereocenters. The molecule has 2 aromatic rings. The first kappa shape index (κ1) is 12.7. The monoisotopic (exact) mass is 264 g/mol. The molecule has 0 radical (unpaired) electrons. The maximum absolute atomic E-state index is 6.67. The van der Waals surface area contributed by atoms with Gasteiger partial charge in [-0.05, 0) is 56.0 Å². The Morgan fingerprint density at radius 3 is 2.06 bits per heavy atom. The van der Waals surface area contributed by atoms with Crippen molar-refractivity contribution in [3.63, 3.8) is 0 Å². The molecule has 0 nitrogen and oxygen atoms in total. The van der Waals surface area contributed by atoms with Crippen molar-refractivity contribution in [3.8, 4) is 0 Å². The van der Waals surface area contributed by atoms with E-state index in [0.29, 0.717) is 0 Å². The quantitative estimate of drug-likeness (QED) is 0.645. The van der Waals surface area contributed by atoms with Crippen LogP contribution < -0.4 is 0 Å². The average Bonchev–Trinajstić information content (AvgIpc) is 2.57. The second-order valence-corrected chi connectivity index (χ2v) is 6.30. The maximum Gasteiger partial charge on any atom is 0.0935 e. The molecular weight excluding hydrogens is 248 g/mol. The van der Waals surface area contributed by atoms with Gasteiger partial charge in [0.1, 0.15) is 0 Å². The van der Waals surface area contributed by atoms with E-state index in [0.717, 1.165) is 0 Å². The van der Waals surface area contributed by atoms with Crippen LogP contribution in [0.15, 0.2) is 24.3 Å². The van der Waals surface area contributed by atoms with Crippen molar-refractivity contribution in [2.24, 2.45) is 0 Å². The Morgan fingerprint density at radius 2 is 1.59 bits per heavy atom. The molecule has 0 spiro atoms. The highest BCUT2D eigenvalue weighted by molar-refractivity contribution is 7.12. The van der Waals surface area contributed by atoms with E-state index in [2.05, 4.69) is 52.0 Å². The zero-order chi connectivity index (χ0) is 12.6. The van der Waals surface area contributed by atoms with Crippen LogP contribution in [0.2, 0.25) is 0 Å². The molecule has 0 aliphatic carbocycles. The minimum atomic E-state index is -0.0186. The molecule has 0 saturated carbocycles. The number of hydrogen-bond donors (Lipinski definition) is 0. The highest BCUT2D eigenvalue weighted by atomic mass is 35.5. The van der Waals surface area contributed by atoms with Gasteiger partial charge in [0.15, 0.2) is 0 Å². The average molecular weight is 265 g/mol. The summed E-state index contributed by atoms with van der Waals surface area (Å²) < 4.78 is 0. The number of halogens is 1. The summed E-state index contributed by atoms with van der Waals surface area (Å²) in [6, 6.07) is 8.56. The molecule has 1 aromatic heterocycles. The van der Waals surface area contributed by atoms with E-state index in [1.807, 2.05) is 0 Å². The smallest absolute Gasteiger partial charge is 0.0935 e. The van der Waals surface area contributed by atoms with Crippen molar-refractivity contribution in [2.75, 3.05) is 0 Å². The molecule has 1 unspecified atom stereocenters. The number of alkyl halides is 1. The van der Waals surface area contributed by atoms with Crippen LogP contribution in [0.3, 0.4) is 0 Å². The van der Waals surface area contributed by atoms with Crippen LogP contribution in [0, 0.1) is 27.7 Å². The highest BCUT2D eigenvalue weighted by Gasteiger charge is 2.19. The summed E-state index contributed by atoms with van der Waals surface area (Å²) in [5, 5.41) is -0.0186. The third-order valence-electron chi connectivity index (χ3n) is 3.11. The first-order valence-electron chi connectivity index (χ1n) is 5.78. The third-order valence-corrected chi connectivity index (χ3v) is 4.89. The van der Waals surface area contributed by atoms with Gasteiger partial charge in [-0.3, -0.25) is 0 Å². The normalized spacial score (nSPS) is 12.8. The Kier molecular flexibility index (Phi) is 3.60. The predicted octanol–water partition coefficient (Wildman–Crippen LogP) is 5.31. The highest BCUT2D eigenvalue weighted by Crippen LogP contribution is 2.38. The third kappa shape index (κ3) is 2.41. The lowest BCUT2D eigenvalue weighted by atomic mass is 9.98. The Hall–Kier alpha value is -0.790. The largest absolute Gasteiger partial charge is 0.143 e. The lowest BCUT2D eigenvalue weighted by molar-refractivity contribution is 1.10. The molecular formula is C15H17ClS. The molecule has 0 saturated heterocycles. The summed E-state index contributed by atoms with van der Waals surface area (Å²) >= 11 is 8.47. The van der Waals surface area contributed by atoms with Gasteiger partial charge in [-0.2, -0.15) is 0 Å². The van der Waals surface area contributed by atoms with E-state index in [9.17, 15) is 0 Å². The number of benzene rings is 1. The van der Waals surface area contributed by atoms with Crippen molar-refractivity contribution in [1.29, 1.82) is 0 Å². The molecule has 0 aliphatic heterocycles. The maximum atomic E-state index is 6.67. The van der Waals surface area contributed by atoms with E-state index >= 15 is 0 Å². The van der Waals surface area contributed by atoms with Gasteiger partial charge < -0.3 is 0 Å². The summed E-state index contributed by atoms with van der Waals surface area (Å²) in [6.45, 7) is 8.54. The van der Waals surface area contributed by atoms with Crippen LogP contribution in [0.1, 0.15) is 37.4 Å². The van der Waals surface area contributed by atoms with E-state index in [-0.39, 0.29) is 5.38 Å². The van der Waals surface area contributed by atoms with Gasteiger partial charge in [0, 0.05) is 9.75 Å². The van der Waals surface area contributed by atoms with E-state index in [1.54, 1.807) is 11.3 Å². The summed E-state index contributed by atoms with van der Waals surface area (Å²) in [5.74, 6) is 0. The fourth-order valence-corrected chi connectivity index (χ4v) is 3.94. The van der Waals surface area contributed by atoms with E-state index in [1.165, 1.54) is 32.0 Å². The molecule has 0 bridgehead atoms.